The van der Waals surface area contributed by atoms with Gasteiger partial charge in [-0.3, -0.25) is 9.89 Å². The minimum Gasteiger partial charge on any atom is -0.497 e. The Labute approximate surface area is 330 Å². The van der Waals surface area contributed by atoms with Crippen molar-refractivity contribution in [3.63, 3.8) is 0 Å². The SMILES string of the molecule is COC(=O)c1ccc(O/C(=C\N(C)C)C(=O)c2ccc3cc(C)ccc3c2)cc1.COc1ccc2cc(-c3[nH]ncc3Oc3ccc(C)cc3)ccc2c1.O=C=O. The van der Waals surface area contributed by atoms with Crippen LogP contribution in [0, 0.1) is 13.8 Å². The largest absolute Gasteiger partial charge is 0.497 e. The molecule has 0 fully saturated rings. The third-order valence-corrected chi connectivity index (χ3v) is 8.55. The fourth-order valence-corrected chi connectivity index (χ4v) is 5.72. The third kappa shape index (κ3) is 10.8. The van der Waals surface area contributed by atoms with Gasteiger partial charge in [-0.15, -0.1) is 0 Å². The number of fused-ring (bicyclic) bond motifs is 2. The molecule has 7 rings (SSSR count). The molecule has 0 amide bonds. The second kappa shape index (κ2) is 19.2. The summed E-state index contributed by atoms with van der Waals surface area (Å²) in [5.41, 5.74) is 5.21. The summed E-state index contributed by atoms with van der Waals surface area (Å²) < 4.78 is 21.8. The zero-order valence-corrected chi connectivity index (χ0v) is 32.4. The van der Waals surface area contributed by atoms with Crippen LogP contribution in [-0.4, -0.2) is 61.3 Å². The smallest absolute Gasteiger partial charge is 0.373 e. The Bertz CT molecular complexity index is 2550. The number of hydrogen-bond acceptors (Lipinski definition) is 10. The van der Waals surface area contributed by atoms with E-state index in [4.69, 9.17) is 28.5 Å². The first-order chi connectivity index (χ1) is 27.5. The molecule has 0 spiro atoms. The quantitative estimate of drug-likeness (QED) is 0.0621. The van der Waals surface area contributed by atoms with Gasteiger partial charge in [0.05, 0.1) is 26.0 Å². The number of rotatable bonds is 10. The molecule has 1 N–H and O–H groups in total. The molecule has 0 aliphatic rings. The summed E-state index contributed by atoms with van der Waals surface area (Å²) in [7, 11) is 6.64. The van der Waals surface area contributed by atoms with Gasteiger partial charge in [-0.2, -0.15) is 14.7 Å². The lowest BCUT2D eigenvalue weighted by atomic mass is 10.0. The van der Waals surface area contributed by atoms with Crippen LogP contribution in [0.1, 0.15) is 31.8 Å². The Morgan fingerprint density at radius 1 is 0.667 bits per heavy atom. The Kier molecular flexibility index (Phi) is 13.7. The molecule has 11 nitrogen and oxygen atoms in total. The first kappa shape index (κ1) is 40.7. The summed E-state index contributed by atoms with van der Waals surface area (Å²) in [5, 5.41) is 11.5. The van der Waals surface area contributed by atoms with E-state index in [0.29, 0.717) is 22.6 Å². The van der Waals surface area contributed by atoms with E-state index in [0.717, 1.165) is 44.3 Å². The Balaban J connectivity index is 0.000000205. The molecular formula is C46H41N3O8. The lowest BCUT2D eigenvalue weighted by molar-refractivity contribution is -0.191. The minimum atomic E-state index is -0.428. The van der Waals surface area contributed by atoms with Crippen molar-refractivity contribution in [3.8, 4) is 34.3 Å². The van der Waals surface area contributed by atoms with Gasteiger partial charge in [-0.25, -0.2) is 4.79 Å². The number of nitrogens with zero attached hydrogens (tertiary/aromatic N) is 2. The van der Waals surface area contributed by atoms with Gasteiger partial charge in [-0.05, 0) is 96.1 Å². The van der Waals surface area contributed by atoms with Crippen molar-refractivity contribution in [2.75, 3.05) is 28.3 Å². The van der Waals surface area contributed by atoms with Crippen molar-refractivity contribution in [2.45, 2.75) is 13.8 Å². The molecule has 1 aromatic heterocycles. The molecular weight excluding hydrogens is 723 g/mol. The van der Waals surface area contributed by atoms with Gasteiger partial charge in [0.1, 0.15) is 22.9 Å². The number of carbonyl (C=O) groups excluding carboxylic acids is 4. The van der Waals surface area contributed by atoms with Crippen molar-refractivity contribution in [2.24, 2.45) is 0 Å². The number of ether oxygens (including phenoxy) is 4. The second-order valence-corrected chi connectivity index (χ2v) is 13.0. The molecule has 1 heterocycles. The standard InChI is InChI=1S/C24H23NO4.C21H18N2O2.CO2/c1-16-5-6-19-14-20(8-7-18(19)13-16)23(26)22(15-25(2)3)29-21-11-9-17(10-12-21)24(27)28-4;1-14-3-8-18(9-4-14)25-20-13-22-23-21(20)17-6-5-16-12-19(24-2)10-7-15(16)11-17;2-1-3/h5-15H,1-4H3;3-13H,1-2H3,(H,22,23);/b22-15-;;. The van der Waals surface area contributed by atoms with Crippen molar-refractivity contribution in [3.05, 3.63) is 162 Å². The molecule has 57 heavy (non-hydrogen) atoms. The minimum absolute atomic E-state index is 0.187. The van der Waals surface area contributed by atoms with E-state index in [-0.39, 0.29) is 17.7 Å². The van der Waals surface area contributed by atoms with E-state index in [1.165, 1.54) is 18.2 Å². The van der Waals surface area contributed by atoms with Crippen LogP contribution in [-0.2, 0) is 14.3 Å². The van der Waals surface area contributed by atoms with Gasteiger partial charge in [0.25, 0.3) is 0 Å². The van der Waals surface area contributed by atoms with E-state index in [1.807, 2.05) is 81.7 Å². The first-order valence-corrected chi connectivity index (χ1v) is 17.7. The molecule has 6 aromatic carbocycles. The topological polar surface area (TPSA) is 137 Å². The van der Waals surface area contributed by atoms with Crippen LogP contribution in [0.15, 0.2) is 139 Å². The highest BCUT2D eigenvalue weighted by atomic mass is 16.5. The third-order valence-electron chi connectivity index (χ3n) is 8.55. The van der Waals surface area contributed by atoms with Crippen LogP contribution in [0.2, 0.25) is 0 Å². The molecule has 288 valence electrons. The van der Waals surface area contributed by atoms with Gasteiger partial charge in [-0.1, -0.05) is 71.8 Å². The number of aryl methyl sites for hydroxylation is 2. The van der Waals surface area contributed by atoms with Crippen LogP contribution in [0.3, 0.4) is 0 Å². The average molecular weight is 764 g/mol. The van der Waals surface area contributed by atoms with Gasteiger partial charge in [0.15, 0.2) is 11.5 Å². The van der Waals surface area contributed by atoms with E-state index < -0.39 is 5.97 Å². The molecule has 11 heteroatoms. The molecule has 0 saturated carbocycles. The normalized spacial score (nSPS) is 10.6. The Morgan fingerprint density at radius 2 is 1.23 bits per heavy atom. The van der Waals surface area contributed by atoms with Crippen LogP contribution in [0.5, 0.6) is 23.0 Å². The van der Waals surface area contributed by atoms with E-state index in [9.17, 15) is 9.59 Å². The van der Waals surface area contributed by atoms with Crippen molar-refractivity contribution in [1.82, 2.24) is 15.1 Å². The van der Waals surface area contributed by atoms with Crippen LogP contribution in [0.25, 0.3) is 32.8 Å². The number of carbonyl (C=O) groups is 2. The molecule has 0 aliphatic heterocycles. The summed E-state index contributed by atoms with van der Waals surface area (Å²) in [6, 6.07) is 38.4. The molecule has 0 aliphatic carbocycles. The van der Waals surface area contributed by atoms with Crippen LogP contribution in [0.4, 0.5) is 0 Å². The van der Waals surface area contributed by atoms with Crippen molar-refractivity contribution in [1.29, 1.82) is 0 Å². The molecule has 7 aromatic rings. The lowest BCUT2D eigenvalue weighted by Crippen LogP contribution is -2.14. The number of benzene rings is 6. The van der Waals surface area contributed by atoms with Gasteiger partial charge < -0.3 is 23.8 Å². The zero-order chi connectivity index (χ0) is 40.9. The Hall–Kier alpha value is -7.49. The lowest BCUT2D eigenvalue weighted by Gasteiger charge is -2.13. The first-order valence-electron chi connectivity index (χ1n) is 17.7. The number of hydrogen-bond donors (Lipinski definition) is 1. The zero-order valence-electron chi connectivity index (χ0n) is 32.4. The summed E-state index contributed by atoms with van der Waals surface area (Å²) in [6.45, 7) is 4.09. The maximum atomic E-state index is 13.1. The van der Waals surface area contributed by atoms with Gasteiger partial charge in [0, 0.05) is 31.4 Å². The fraction of sp³-hybridized carbons (Fsp3) is 0.130. The predicted octanol–water partition coefficient (Wildman–Crippen LogP) is 9.36. The molecule has 0 unspecified atom stereocenters. The maximum absolute atomic E-state index is 13.1. The number of nitrogens with one attached hydrogen (secondary N) is 1. The second-order valence-electron chi connectivity index (χ2n) is 13.0. The summed E-state index contributed by atoms with van der Waals surface area (Å²) in [5.74, 6) is 2.34. The number of allylic oxidation sites excluding steroid dienone is 1. The summed E-state index contributed by atoms with van der Waals surface area (Å²) >= 11 is 0. The van der Waals surface area contributed by atoms with E-state index >= 15 is 0 Å². The van der Waals surface area contributed by atoms with E-state index in [2.05, 4.69) is 47.5 Å². The number of esters is 1. The van der Waals surface area contributed by atoms with Gasteiger partial charge in [0.2, 0.25) is 5.78 Å². The summed E-state index contributed by atoms with van der Waals surface area (Å²) in [4.78, 5) is 42.7. The molecule has 0 radical (unpaired) electrons. The number of H-pyrrole nitrogens is 1. The predicted molar refractivity (Wildman–Crippen MR) is 218 cm³/mol. The highest BCUT2D eigenvalue weighted by molar-refractivity contribution is 6.09. The monoisotopic (exact) mass is 763 g/mol. The highest BCUT2D eigenvalue weighted by Crippen LogP contribution is 2.34. The number of aromatic amines is 1. The van der Waals surface area contributed by atoms with Crippen molar-refractivity contribution < 1.29 is 38.1 Å². The number of ketones is 1. The van der Waals surface area contributed by atoms with Crippen LogP contribution < -0.4 is 14.2 Å². The van der Waals surface area contributed by atoms with Gasteiger partial charge >= 0.3 is 12.1 Å². The highest BCUT2D eigenvalue weighted by Gasteiger charge is 2.17. The summed E-state index contributed by atoms with van der Waals surface area (Å²) in [6.07, 6.45) is 3.59. The number of Topliss-reactive ketones (excluding diaryl/α,β-unsaturated/α-hetero) is 1. The molecule has 0 atom stereocenters. The molecule has 0 bridgehead atoms. The maximum Gasteiger partial charge on any atom is 0.373 e. The molecule has 0 saturated heterocycles. The fourth-order valence-electron chi connectivity index (χ4n) is 5.72. The number of methoxy groups -OCH3 is 2. The van der Waals surface area contributed by atoms with Crippen LogP contribution >= 0.6 is 0 Å². The van der Waals surface area contributed by atoms with Crippen molar-refractivity contribution >= 4 is 39.4 Å². The number of aromatic nitrogens is 2. The Morgan fingerprint density at radius 3 is 1.91 bits per heavy atom. The van der Waals surface area contributed by atoms with E-state index in [1.54, 1.807) is 54.7 Å². The average Bonchev–Trinajstić information content (AvgIpc) is 3.69.